The third-order valence-corrected chi connectivity index (χ3v) is 5.72. The van der Waals surface area contributed by atoms with E-state index in [0.717, 1.165) is 12.1 Å². The molecule has 1 unspecified atom stereocenters. The van der Waals surface area contributed by atoms with Crippen LogP contribution >= 0.6 is 11.8 Å². The van der Waals surface area contributed by atoms with E-state index in [1.165, 1.54) is 32.1 Å². The minimum absolute atomic E-state index is 0.290. The number of phenols is 1. The van der Waals surface area contributed by atoms with Crippen LogP contribution in [0.3, 0.4) is 0 Å². The first kappa shape index (κ1) is 14.7. The summed E-state index contributed by atoms with van der Waals surface area (Å²) in [7, 11) is 0. The van der Waals surface area contributed by atoms with E-state index in [-0.39, 0.29) is 6.04 Å². The van der Waals surface area contributed by atoms with Crippen LogP contribution in [0.4, 0.5) is 0 Å². The Bertz CT molecular complexity index is 401. The Labute approximate surface area is 121 Å². The average molecular weight is 279 g/mol. The fourth-order valence-electron chi connectivity index (χ4n) is 2.90. The SMILES string of the molecule is CSC1(CNC(C)c2cccc(O)c2)CCCCC1. The number of aromatic hydroxyl groups is 1. The summed E-state index contributed by atoms with van der Waals surface area (Å²) in [5, 5.41) is 13.2. The van der Waals surface area contributed by atoms with Gasteiger partial charge in [-0.2, -0.15) is 11.8 Å². The Balaban J connectivity index is 1.93. The maximum Gasteiger partial charge on any atom is 0.115 e. The van der Waals surface area contributed by atoms with Gasteiger partial charge in [-0.25, -0.2) is 0 Å². The van der Waals surface area contributed by atoms with Crippen molar-refractivity contribution in [3.05, 3.63) is 29.8 Å². The molecule has 1 aliphatic carbocycles. The number of phenolic OH excluding ortho intramolecular Hbond substituents is 1. The van der Waals surface area contributed by atoms with E-state index in [1.54, 1.807) is 6.07 Å². The lowest BCUT2D eigenvalue weighted by molar-refractivity contribution is 0.367. The summed E-state index contributed by atoms with van der Waals surface area (Å²) in [6, 6.07) is 7.85. The van der Waals surface area contributed by atoms with Crippen LogP contribution in [0.5, 0.6) is 5.75 Å². The van der Waals surface area contributed by atoms with Gasteiger partial charge in [0, 0.05) is 17.3 Å². The standard InChI is InChI=1S/C16H25NOS/c1-13(14-7-6-8-15(18)11-14)17-12-16(19-2)9-4-3-5-10-16/h6-8,11,13,17-18H,3-5,9-10,12H2,1-2H3. The Morgan fingerprint density at radius 2 is 2.05 bits per heavy atom. The molecule has 0 amide bonds. The number of rotatable bonds is 5. The Morgan fingerprint density at radius 1 is 1.32 bits per heavy atom. The van der Waals surface area contributed by atoms with Crippen molar-refractivity contribution in [3.63, 3.8) is 0 Å². The second kappa shape index (κ2) is 6.67. The topological polar surface area (TPSA) is 32.3 Å². The van der Waals surface area contributed by atoms with Gasteiger partial charge in [0.05, 0.1) is 0 Å². The molecule has 0 saturated heterocycles. The Morgan fingerprint density at radius 3 is 2.68 bits per heavy atom. The molecule has 2 N–H and O–H groups in total. The highest BCUT2D eigenvalue weighted by molar-refractivity contribution is 8.00. The van der Waals surface area contributed by atoms with Crippen LogP contribution in [0.1, 0.15) is 50.6 Å². The lowest BCUT2D eigenvalue weighted by Crippen LogP contribution is -2.40. The van der Waals surface area contributed by atoms with Crippen molar-refractivity contribution < 1.29 is 5.11 Å². The largest absolute Gasteiger partial charge is 0.508 e. The molecule has 0 radical (unpaired) electrons. The smallest absolute Gasteiger partial charge is 0.115 e. The highest BCUT2D eigenvalue weighted by Gasteiger charge is 2.31. The average Bonchev–Trinajstić information content (AvgIpc) is 2.46. The zero-order chi connectivity index (χ0) is 13.7. The number of nitrogens with one attached hydrogen (secondary N) is 1. The minimum atomic E-state index is 0.290. The zero-order valence-corrected chi connectivity index (χ0v) is 12.8. The third kappa shape index (κ3) is 3.90. The zero-order valence-electron chi connectivity index (χ0n) is 12.0. The minimum Gasteiger partial charge on any atom is -0.508 e. The van der Waals surface area contributed by atoms with Crippen LogP contribution in [-0.2, 0) is 0 Å². The van der Waals surface area contributed by atoms with Crippen LogP contribution in [0.2, 0.25) is 0 Å². The highest BCUT2D eigenvalue weighted by atomic mass is 32.2. The van der Waals surface area contributed by atoms with E-state index in [4.69, 9.17) is 0 Å². The van der Waals surface area contributed by atoms with Crippen molar-refractivity contribution in [3.8, 4) is 5.75 Å². The molecule has 1 fully saturated rings. The molecule has 0 bridgehead atoms. The number of thioether (sulfide) groups is 1. The molecule has 0 heterocycles. The Hall–Kier alpha value is -0.670. The molecule has 0 aromatic heterocycles. The Kier molecular flexibility index (Phi) is 5.17. The van der Waals surface area contributed by atoms with Crippen LogP contribution in [0.15, 0.2) is 24.3 Å². The van der Waals surface area contributed by atoms with Gasteiger partial charge in [-0.3, -0.25) is 0 Å². The van der Waals surface area contributed by atoms with Gasteiger partial charge in [0.25, 0.3) is 0 Å². The molecule has 0 spiro atoms. The van der Waals surface area contributed by atoms with E-state index < -0.39 is 0 Å². The second-order valence-electron chi connectivity index (χ2n) is 5.65. The van der Waals surface area contributed by atoms with E-state index >= 15 is 0 Å². The molecule has 1 aromatic rings. The predicted octanol–water partition coefficient (Wildman–Crippen LogP) is 4.11. The highest BCUT2D eigenvalue weighted by Crippen LogP contribution is 2.38. The lowest BCUT2D eigenvalue weighted by atomic mass is 9.88. The summed E-state index contributed by atoms with van der Waals surface area (Å²) in [4.78, 5) is 0. The quantitative estimate of drug-likeness (QED) is 0.851. The van der Waals surface area contributed by atoms with Crippen LogP contribution in [0.25, 0.3) is 0 Å². The molecule has 2 rings (SSSR count). The first-order chi connectivity index (χ1) is 9.15. The van der Waals surface area contributed by atoms with Crippen molar-refractivity contribution in [1.82, 2.24) is 5.32 Å². The van der Waals surface area contributed by atoms with E-state index in [2.05, 4.69) is 24.6 Å². The van der Waals surface area contributed by atoms with Crippen molar-refractivity contribution in [2.75, 3.05) is 12.8 Å². The molecule has 1 atom stereocenters. The van der Waals surface area contributed by atoms with Gasteiger partial charge in [-0.15, -0.1) is 0 Å². The van der Waals surface area contributed by atoms with E-state index in [0.29, 0.717) is 10.5 Å². The molecule has 0 aliphatic heterocycles. The molecule has 106 valence electrons. The summed E-state index contributed by atoms with van der Waals surface area (Å²) < 4.78 is 0.420. The lowest BCUT2D eigenvalue weighted by Gasteiger charge is -2.37. The summed E-state index contributed by atoms with van der Waals surface area (Å²) >= 11 is 2.02. The van der Waals surface area contributed by atoms with Crippen molar-refractivity contribution in [2.24, 2.45) is 0 Å². The monoisotopic (exact) mass is 279 g/mol. The van der Waals surface area contributed by atoms with Crippen molar-refractivity contribution in [2.45, 2.75) is 49.8 Å². The van der Waals surface area contributed by atoms with Crippen LogP contribution in [-0.4, -0.2) is 22.7 Å². The number of benzene rings is 1. The van der Waals surface area contributed by atoms with Crippen molar-refractivity contribution in [1.29, 1.82) is 0 Å². The molecule has 1 aromatic carbocycles. The summed E-state index contributed by atoms with van der Waals surface area (Å²) in [6.07, 6.45) is 9.02. The number of hydrogen-bond acceptors (Lipinski definition) is 3. The molecule has 3 heteroatoms. The van der Waals surface area contributed by atoms with Gasteiger partial charge in [0.2, 0.25) is 0 Å². The van der Waals surface area contributed by atoms with Gasteiger partial charge >= 0.3 is 0 Å². The fraction of sp³-hybridized carbons (Fsp3) is 0.625. The van der Waals surface area contributed by atoms with Gasteiger partial charge in [-0.05, 0) is 43.7 Å². The first-order valence-corrected chi connectivity index (χ1v) is 8.45. The van der Waals surface area contributed by atoms with E-state index in [1.807, 2.05) is 23.9 Å². The van der Waals surface area contributed by atoms with Gasteiger partial charge in [0.15, 0.2) is 0 Å². The summed E-state index contributed by atoms with van der Waals surface area (Å²) in [6.45, 7) is 3.23. The van der Waals surface area contributed by atoms with Gasteiger partial charge in [-0.1, -0.05) is 31.4 Å². The van der Waals surface area contributed by atoms with Crippen LogP contribution in [0, 0.1) is 0 Å². The summed E-state index contributed by atoms with van der Waals surface area (Å²) in [5.41, 5.74) is 1.16. The van der Waals surface area contributed by atoms with Crippen molar-refractivity contribution >= 4 is 11.8 Å². The van der Waals surface area contributed by atoms with Crippen LogP contribution < -0.4 is 5.32 Å². The third-order valence-electron chi connectivity index (χ3n) is 4.30. The predicted molar refractivity (Wildman–Crippen MR) is 83.9 cm³/mol. The molecule has 19 heavy (non-hydrogen) atoms. The molecule has 1 aliphatic rings. The molecule has 1 saturated carbocycles. The van der Waals surface area contributed by atoms with Gasteiger partial charge in [0.1, 0.15) is 5.75 Å². The normalized spacial score (nSPS) is 20.1. The molecular formula is C16H25NOS. The first-order valence-electron chi connectivity index (χ1n) is 7.23. The molecule has 2 nitrogen and oxygen atoms in total. The fourth-order valence-corrected chi connectivity index (χ4v) is 3.82. The van der Waals surface area contributed by atoms with E-state index in [9.17, 15) is 5.11 Å². The number of hydrogen-bond donors (Lipinski definition) is 2. The maximum atomic E-state index is 9.54. The maximum absolute atomic E-state index is 9.54. The molecular weight excluding hydrogens is 254 g/mol. The van der Waals surface area contributed by atoms with Gasteiger partial charge < -0.3 is 10.4 Å². The summed E-state index contributed by atoms with van der Waals surface area (Å²) in [5.74, 6) is 0.350. The second-order valence-corrected chi connectivity index (χ2v) is 6.92.